The van der Waals surface area contributed by atoms with Crippen LogP contribution in [0.2, 0.25) is 0 Å². The first-order chi connectivity index (χ1) is 9.97. The predicted molar refractivity (Wildman–Crippen MR) is 82.9 cm³/mol. The van der Waals surface area contributed by atoms with Gasteiger partial charge in [-0.1, -0.05) is 33.1 Å². The summed E-state index contributed by atoms with van der Waals surface area (Å²) in [7, 11) is 0. The summed E-state index contributed by atoms with van der Waals surface area (Å²) < 4.78 is 0. The zero-order chi connectivity index (χ0) is 15.8. The molecule has 1 aromatic heterocycles. The van der Waals surface area contributed by atoms with Crippen molar-refractivity contribution in [2.24, 2.45) is 0 Å². The summed E-state index contributed by atoms with van der Waals surface area (Å²) >= 11 is 0. The molecule has 6 nitrogen and oxygen atoms in total. The van der Waals surface area contributed by atoms with E-state index in [4.69, 9.17) is 5.11 Å². The van der Waals surface area contributed by atoms with Crippen LogP contribution < -0.4 is 10.6 Å². The number of hydrogen-bond acceptors (Lipinski definition) is 2. The fraction of sp³-hybridized carbons (Fsp3) is 0.600. The van der Waals surface area contributed by atoms with Crippen LogP contribution in [-0.2, 0) is 0 Å². The number of rotatable bonds is 8. The lowest BCUT2D eigenvalue weighted by atomic mass is 10.1. The molecule has 0 saturated heterocycles. The summed E-state index contributed by atoms with van der Waals surface area (Å²) in [4.78, 5) is 25.8. The Labute approximate surface area is 125 Å². The fourth-order valence-electron chi connectivity index (χ4n) is 2.29. The number of H-pyrrole nitrogens is 1. The van der Waals surface area contributed by atoms with E-state index >= 15 is 0 Å². The van der Waals surface area contributed by atoms with Gasteiger partial charge in [0.25, 0.3) is 0 Å². The Hall–Kier alpha value is -1.98. The Morgan fingerprint density at radius 1 is 1.29 bits per heavy atom. The SMILES string of the molecule is CCCCC(CCC)NC(=O)Nc1cc(C)[nH]c1C(=O)O. The van der Waals surface area contributed by atoms with E-state index < -0.39 is 5.97 Å². The fourth-order valence-corrected chi connectivity index (χ4v) is 2.29. The lowest BCUT2D eigenvalue weighted by molar-refractivity contribution is 0.0692. The molecule has 1 heterocycles. The van der Waals surface area contributed by atoms with E-state index in [1.54, 1.807) is 13.0 Å². The van der Waals surface area contributed by atoms with Crippen LogP contribution in [0, 0.1) is 6.92 Å². The number of carboxylic acid groups (broad SMARTS) is 1. The monoisotopic (exact) mass is 295 g/mol. The Kier molecular flexibility index (Phi) is 6.78. The van der Waals surface area contributed by atoms with Gasteiger partial charge in [0.15, 0.2) is 0 Å². The molecular weight excluding hydrogens is 270 g/mol. The van der Waals surface area contributed by atoms with E-state index in [0.29, 0.717) is 11.4 Å². The van der Waals surface area contributed by atoms with E-state index in [1.807, 2.05) is 0 Å². The molecule has 0 fully saturated rings. The second-order valence-corrected chi connectivity index (χ2v) is 5.27. The minimum atomic E-state index is -1.09. The number of urea groups is 1. The molecule has 0 saturated carbocycles. The third kappa shape index (κ3) is 5.49. The highest BCUT2D eigenvalue weighted by molar-refractivity contribution is 5.99. The molecule has 0 aromatic carbocycles. The highest BCUT2D eigenvalue weighted by atomic mass is 16.4. The molecule has 4 N–H and O–H groups in total. The number of carboxylic acids is 1. The normalized spacial score (nSPS) is 12.0. The molecule has 0 spiro atoms. The number of nitrogens with one attached hydrogen (secondary N) is 3. The van der Waals surface area contributed by atoms with Crippen LogP contribution in [0.4, 0.5) is 10.5 Å². The summed E-state index contributed by atoms with van der Waals surface area (Å²) in [5.41, 5.74) is 0.991. The number of amides is 2. The second-order valence-electron chi connectivity index (χ2n) is 5.27. The second kappa shape index (κ2) is 8.34. The van der Waals surface area contributed by atoms with Gasteiger partial charge in [0.1, 0.15) is 5.69 Å². The van der Waals surface area contributed by atoms with Crippen LogP contribution in [0.25, 0.3) is 0 Å². The molecule has 0 aliphatic carbocycles. The highest BCUT2D eigenvalue weighted by Gasteiger charge is 2.17. The van der Waals surface area contributed by atoms with Crippen molar-refractivity contribution in [1.29, 1.82) is 0 Å². The summed E-state index contributed by atoms with van der Waals surface area (Å²) in [6.07, 6.45) is 5.01. The van der Waals surface area contributed by atoms with Crippen molar-refractivity contribution in [3.8, 4) is 0 Å². The van der Waals surface area contributed by atoms with E-state index in [0.717, 1.165) is 32.1 Å². The Morgan fingerprint density at radius 2 is 2.00 bits per heavy atom. The van der Waals surface area contributed by atoms with E-state index in [2.05, 4.69) is 29.5 Å². The van der Waals surface area contributed by atoms with Gasteiger partial charge in [0.05, 0.1) is 5.69 Å². The molecule has 1 aromatic rings. The Bertz CT molecular complexity index is 483. The van der Waals surface area contributed by atoms with Crippen LogP contribution in [-0.4, -0.2) is 28.1 Å². The zero-order valence-electron chi connectivity index (χ0n) is 13.0. The first-order valence-corrected chi connectivity index (χ1v) is 7.48. The standard InChI is InChI=1S/C15H25N3O3/c1-4-6-8-11(7-5-2)17-15(21)18-12-9-10(3)16-13(12)14(19)20/h9,11,16H,4-8H2,1-3H3,(H,19,20)(H2,17,18,21). The predicted octanol–water partition coefficient (Wildman–Crippen LogP) is 3.50. The average Bonchev–Trinajstić information content (AvgIpc) is 2.77. The molecule has 1 unspecified atom stereocenters. The van der Waals surface area contributed by atoms with Crippen molar-refractivity contribution < 1.29 is 14.7 Å². The molecular formula is C15H25N3O3. The number of aromatic amines is 1. The van der Waals surface area contributed by atoms with Gasteiger partial charge in [-0.3, -0.25) is 0 Å². The van der Waals surface area contributed by atoms with Crippen LogP contribution in [0.3, 0.4) is 0 Å². The van der Waals surface area contributed by atoms with Gasteiger partial charge < -0.3 is 20.7 Å². The van der Waals surface area contributed by atoms with Gasteiger partial charge in [0, 0.05) is 11.7 Å². The molecule has 0 radical (unpaired) electrons. The molecule has 0 aliphatic rings. The first kappa shape index (κ1) is 17.1. The maximum absolute atomic E-state index is 12.0. The summed E-state index contributed by atoms with van der Waals surface area (Å²) in [6.45, 7) is 5.94. The van der Waals surface area contributed by atoms with E-state index in [1.165, 1.54) is 0 Å². The van der Waals surface area contributed by atoms with Crippen molar-refractivity contribution in [3.63, 3.8) is 0 Å². The lowest BCUT2D eigenvalue weighted by Crippen LogP contribution is -2.38. The Balaban J connectivity index is 2.65. The molecule has 1 rings (SSSR count). The van der Waals surface area contributed by atoms with Gasteiger partial charge in [0.2, 0.25) is 0 Å². The minimum Gasteiger partial charge on any atom is -0.477 e. The number of aryl methyl sites for hydroxylation is 1. The topological polar surface area (TPSA) is 94.2 Å². The third-order valence-corrected chi connectivity index (χ3v) is 3.29. The number of carbonyl (C=O) groups is 2. The van der Waals surface area contributed by atoms with Gasteiger partial charge in [-0.25, -0.2) is 9.59 Å². The van der Waals surface area contributed by atoms with Crippen LogP contribution >= 0.6 is 0 Å². The lowest BCUT2D eigenvalue weighted by Gasteiger charge is -2.18. The molecule has 1 atom stereocenters. The van der Waals surface area contributed by atoms with Crippen molar-refractivity contribution in [1.82, 2.24) is 10.3 Å². The number of hydrogen-bond donors (Lipinski definition) is 4. The first-order valence-electron chi connectivity index (χ1n) is 7.48. The van der Waals surface area contributed by atoms with Crippen LogP contribution in [0.1, 0.15) is 62.1 Å². The maximum Gasteiger partial charge on any atom is 0.354 e. The van der Waals surface area contributed by atoms with Crippen molar-refractivity contribution in [2.45, 2.75) is 58.9 Å². The number of unbranched alkanes of at least 4 members (excludes halogenated alkanes) is 1. The van der Waals surface area contributed by atoms with Crippen LogP contribution in [0.15, 0.2) is 6.07 Å². The van der Waals surface area contributed by atoms with Crippen molar-refractivity contribution in [2.75, 3.05) is 5.32 Å². The largest absolute Gasteiger partial charge is 0.477 e. The van der Waals surface area contributed by atoms with Gasteiger partial charge >= 0.3 is 12.0 Å². The van der Waals surface area contributed by atoms with Gasteiger partial charge in [-0.15, -0.1) is 0 Å². The highest BCUT2D eigenvalue weighted by Crippen LogP contribution is 2.17. The summed E-state index contributed by atoms with van der Waals surface area (Å²) in [6, 6.07) is 1.39. The Morgan fingerprint density at radius 3 is 2.57 bits per heavy atom. The van der Waals surface area contributed by atoms with Crippen LogP contribution in [0.5, 0.6) is 0 Å². The number of carbonyl (C=O) groups excluding carboxylic acids is 1. The molecule has 6 heteroatoms. The van der Waals surface area contributed by atoms with Crippen molar-refractivity contribution in [3.05, 3.63) is 17.5 Å². The number of aromatic carboxylic acids is 1. The smallest absolute Gasteiger partial charge is 0.354 e. The molecule has 0 aliphatic heterocycles. The van der Waals surface area contributed by atoms with E-state index in [9.17, 15) is 9.59 Å². The molecule has 2 amide bonds. The molecule has 21 heavy (non-hydrogen) atoms. The number of aromatic nitrogens is 1. The van der Waals surface area contributed by atoms with E-state index in [-0.39, 0.29) is 17.8 Å². The van der Waals surface area contributed by atoms with Gasteiger partial charge in [-0.2, -0.15) is 0 Å². The average molecular weight is 295 g/mol. The maximum atomic E-state index is 12.0. The summed E-state index contributed by atoms with van der Waals surface area (Å²) in [5, 5.41) is 14.6. The summed E-state index contributed by atoms with van der Waals surface area (Å²) in [5.74, 6) is -1.09. The number of anilines is 1. The van der Waals surface area contributed by atoms with Gasteiger partial charge in [-0.05, 0) is 25.8 Å². The quantitative estimate of drug-likeness (QED) is 0.591. The van der Waals surface area contributed by atoms with Crippen molar-refractivity contribution >= 4 is 17.7 Å². The molecule has 0 bridgehead atoms. The minimum absolute atomic E-state index is 0.00301. The molecule has 118 valence electrons. The third-order valence-electron chi connectivity index (χ3n) is 3.29. The zero-order valence-corrected chi connectivity index (χ0v) is 13.0.